The molecule has 0 fully saturated rings. The van der Waals surface area contributed by atoms with Gasteiger partial charge in [0.25, 0.3) is 0 Å². The van der Waals surface area contributed by atoms with Crippen LogP contribution in [0.3, 0.4) is 0 Å². The molecule has 8 nitrogen and oxygen atoms in total. The van der Waals surface area contributed by atoms with Crippen molar-refractivity contribution in [3.8, 4) is 17.2 Å². The van der Waals surface area contributed by atoms with Gasteiger partial charge in [0, 0.05) is 23.3 Å². The quantitative estimate of drug-likeness (QED) is 0.632. The summed E-state index contributed by atoms with van der Waals surface area (Å²) in [6.07, 6.45) is 2.34. The van der Waals surface area contributed by atoms with Crippen LogP contribution in [0.5, 0.6) is 17.2 Å². The summed E-state index contributed by atoms with van der Waals surface area (Å²) in [6.45, 7) is 0. The number of carbonyl (C=O) groups is 1. The molecule has 0 amide bonds. The van der Waals surface area contributed by atoms with Crippen LogP contribution in [-0.4, -0.2) is 41.9 Å². The summed E-state index contributed by atoms with van der Waals surface area (Å²) in [5.41, 5.74) is 3.02. The average Bonchev–Trinajstić information content (AvgIpc) is 3.30. The van der Waals surface area contributed by atoms with Crippen LogP contribution in [0.15, 0.2) is 54.0 Å². The van der Waals surface area contributed by atoms with E-state index in [4.69, 9.17) is 14.2 Å². The second kappa shape index (κ2) is 8.23. The van der Waals surface area contributed by atoms with E-state index in [0.717, 1.165) is 11.3 Å². The molecule has 1 aromatic heterocycles. The summed E-state index contributed by atoms with van der Waals surface area (Å²) < 4.78 is 31.8. The first kappa shape index (κ1) is 21.0. The maximum absolute atomic E-state index is 13.5. The number of methoxy groups -OCH3 is 3. The SMILES string of the molecule is COc1ccc([C@@H]2C3=C(C[C@H](c4ccc(F)cc4)CC3=O)Nc3ncnn32)c(OC)c1OC. The Bertz CT molecular complexity index is 1250. The van der Waals surface area contributed by atoms with Gasteiger partial charge in [-0.15, -0.1) is 0 Å². The minimum atomic E-state index is -0.546. The Hall–Kier alpha value is -3.88. The highest BCUT2D eigenvalue weighted by atomic mass is 19.1. The number of hydrogen-bond acceptors (Lipinski definition) is 7. The number of Topliss-reactive ketones (excluding diaryl/α,β-unsaturated/α-hetero) is 1. The van der Waals surface area contributed by atoms with Crippen molar-refractivity contribution in [2.75, 3.05) is 26.6 Å². The van der Waals surface area contributed by atoms with Gasteiger partial charge in [0.05, 0.1) is 21.3 Å². The van der Waals surface area contributed by atoms with E-state index < -0.39 is 6.04 Å². The molecule has 0 bridgehead atoms. The number of anilines is 1. The fourth-order valence-corrected chi connectivity index (χ4v) is 4.75. The van der Waals surface area contributed by atoms with E-state index in [1.165, 1.54) is 25.6 Å². The Kier molecular flexibility index (Phi) is 5.24. The van der Waals surface area contributed by atoms with E-state index in [-0.39, 0.29) is 17.5 Å². The molecule has 0 radical (unpaired) electrons. The number of benzene rings is 2. The van der Waals surface area contributed by atoms with Crippen LogP contribution >= 0.6 is 0 Å². The number of ketones is 1. The summed E-state index contributed by atoms with van der Waals surface area (Å²) >= 11 is 0. The lowest BCUT2D eigenvalue weighted by molar-refractivity contribution is -0.116. The first-order valence-corrected chi connectivity index (χ1v) is 10.5. The second-order valence-electron chi connectivity index (χ2n) is 7.95. The number of nitrogens with zero attached hydrogens (tertiary/aromatic N) is 3. The number of carbonyl (C=O) groups excluding carboxylic acids is 1. The molecule has 2 aliphatic rings. The zero-order valence-corrected chi connectivity index (χ0v) is 18.5. The molecule has 0 unspecified atom stereocenters. The lowest BCUT2D eigenvalue weighted by atomic mass is 9.77. The van der Waals surface area contributed by atoms with Crippen LogP contribution in [0.4, 0.5) is 10.3 Å². The van der Waals surface area contributed by atoms with Gasteiger partial charge in [0.2, 0.25) is 11.7 Å². The minimum absolute atomic E-state index is 0.0129. The lowest BCUT2D eigenvalue weighted by Crippen LogP contribution is -2.33. The molecule has 1 N–H and O–H groups in total. The number of halogens is 1. The van der Waals surface area contributed by atoms with E-state index in [0.29, 0.717) is 47.2 Å². The Morgan fingerprint density at radius 2 is 1.76 bits per heavy atom. The van der Waals surface area contributed by atoms with Gasteiger partial charge in [-0.3, -0.25) is 4.79 Å². The second-order valence-corrected chi connectivity index (χ2v) is 7.95. The number of hydrogen-bond donors (Lipinski definition) is 1. The van der Waals surface area contributed by atoms with E-state index in [1.807, 2.05) is 6.07 Å². The maximum Gasteiger partial charge on any atom is 0.226 e. The van der Waals surface area contributed by atoms with Crippen molar-refractivity contribution in [1.29, 1.82) is 0 Å². The molecule has 0 spiro atoms. The number of ether oxygens (including phenoxy) is 3. The number of rotatable bonds is 5. The predicted octanol–water partition coefficient (Wildman–Crippen LogP) is 3.86. The van der Waals surface area contributed by atoms with Gasteiger partial charge >= 0.3 is 0 Å². The van der Waals surface area contributed by atoms with Crippen LogP contribution < -0.4 is 19.5 Å². The Morgan fingerprint density at radius 1 is 1.00 bits per heavy atom. The van der Waals surface area contributed by atoms with E-state index in [9.17, 15) is 9.18 Å². The van der Waals surface area contributed by atoms with Crippen molar-refractivity contribution >= 4 is 11.7 Å². The van der Waals surface area contributed by atoms with Crippen LogP contribution in [0.1, 0.15) is 35.9 Å². The highest BCUT2D eigenvalue weighted by molar-refractivity contribution is 6.00. The fraction of sp³-hybridized carbons (Fsp3) is 0.292. The zero-order valence-electron chi connectivity index (χ0n) is 18.5. The Labute approximate surface area is 190 Å². The number of nitrogens with one attached hydrogen (secondary N) is 1. The van der Waals surface area contributed by atoms with Crippen LogP contribution in [0.25, 0.3) is 0 Å². The largest absolute Gasteiger partial charge is 0.493 e. The standard InChI is InChI=1S/C24H23FN4O4/c1-31-19-9-8-16(22(32-2)23(19)33-3)21-20-17(28-24-26-12-27-29(21)24)10-14(11-18(20)30)13-4-6-15(25)7-5-13/h4-9,12,14,21H,10-11H2,1-3H3,(H,26,27,28)/t14-,21+/m0/s1. The zero-order chi connectivity index (χ0) is 23.1. The fourth-order valence-electron chi connectivity index (χ4n) is 4.75. The van der Waals surface area contributed by atoms with Gasteiger partial charge in [-0.25, -0.2) is 9.07 Å². The van der Waals surface area contributed by atoms with E-state index in [2.05, 4.69) is 15.4 Å². The summed E-state index contributed by atoms with van der Waals surface area (Å²) in [7, 11) is 4.64. The maximum atomic E-state index is 13.5. The number of fused-ring (bicyclic) bond motifs is 1. The average molecular weight is 450 g/mol. The van der Waals surface area contributed by atoms with Crippen molar-refractivity contribution in [3.63, 3.8) is 0 Å². The van der Waals surface area contributed by atoms with Gasteiger partial charge in [0.15, 0.2) is 17.3 Å². The molecule has 33 heavy (non-hydrogen) atoms. The molecule has 0 saturated heterocycles. The van der Waals surface area contributed by atoms with Gasteiger partial charge in [-0.05, 0) is 42.2 Å². The summed E-state index contributed by atoms with van der Waals surface area (Å²) in [4.78, 5) is 17.9. The molecular weight excluding hydrogens is 427 g/mol. The van der Waals surface area contributed by atoms with Crippen molar-refractivity contribution < 1.29 is 23.4 Å². The molecule has 3 aromatic rings. The normalized spacial score (nSPS) is 19.5. The summed E-state index contributed by atoms with van der Waals surface area (Å²) in [5.74, 6) is 1.57. The van der Waals surface area contributed by atoms with Gasteiger partial charge in [0.1, 0.15) is 18.2 Å². The Balaban J connectivity index is 1.64. The highest BCUT2D eigenvalue weighted by Crippen LogP contribution is 2.49. The van der Waals surface area contributed by atoms with Crippen LogP contribution in [0.2, 0.25) is 0 Å². The third-order valence-corrected chi connectivity index (χ3v) is 6.23. The van der Waals surface area contributed by atoms with Crippen molar-refractivity contribution in [3.05, 3.63) is 70.9 Å². The molecule has 1 aliphatic carbocycles. The minimum Gasteiger partial charge on any atom is -0.493 e. The first-order valence-electron chi connectivity index (χ1n) is 10.5. The lowest BCUT2D eigenvalue weighted by Gasteiger charge is -2.35. The smallest absolute Gasteiger partial charge is 0.226 e. The van der Waals surface area contributed by atoms with Crippen molar-refractivity contribution in [1.82, 2.24) is 14.8 Å². The van der Waals surface area contributed by atoms with Crippen LogP contribution in [-0.2, 0) is 4.79 Å². The molecular formula is C24H23FN4O4. The van der Waals surface area contributed by atoms with Crippen LogP contribution in [0, 0.1) is 5.82 Å². The van der Waals surface area contributed by atoms with Gasteiger partial charge in [-0.1, -0.05) is 12.1 Å². The van der Waals surface area contributed by atoms with Gasteiger partial charge in [-0.2, -0.15) is 10.1 Å². The van der Waals surface area contributed by atoms with Crippen molar-refractivity contribution in [2.45, 2.75) is 24.8 Å². The monoisotopic (exact) mass is 450 g/mol. The molecule has 9 heteroatoms. The molecule has 2 atom stereocenters. The first-order chi connectivity index (χ1) is 16.0. The molecule has 0 saturated carbocycles. The highest BCUT2D eigenvalue weighted by Gasteiger charge is 2.41. The topological polar surface area (TPSA) is 87.5 Å². The number of allylic oxidation sites excluding steroid dienone is 2. The number of aromatic nitrogens is 3. The van der Waals surface area contributed by atoms with E-state index >= 15 is 0 Å². The summed E-state index contributed by atoms with van der Waals surface area (Å²) in [5, 5.41) is 7.67. The molecule has 170 valence electrons. The third kappa shape index (κ3) is 3.40. The Morgan fingerprint density at radius 3 is 2.45 bits per heavy atom. The predicted molar refractivity (Wildman–Crippen MR) is 118 cm³/mol. The van der Waals surface area contributed by atoms with Crippen molar-refractivity contribution in [2.24, 2.45) is 0 Å². The molecule has 5 rings (SSSR count). The third-order valence-electron chi connectivity index (χ3n) is 6.23. The van der Waals surface area contributed by atoms with Gasteiger partial charge < -0.3 is 19.5 Å². The van der Waals surface area contributed by atoms with E-state index in [1.54, 1.807) is 37.1 Å². The molecule has 2 aromatic carbocycles. The summed E-state index contributed by atoms with van der Waals surface area (Å²) in [6, 6.07) is 9.40. The molecule has 2 heterocycles. The molecule has 1 aliphatic heterocycles.